The lowest BCUT2D eigenvalue weighted by molar-refractivity contribution is -0.117. The first-order valence-electron chi connectivity index (χ1n) is 9.23. The molecule has 1 aliphatic carbocycles. The van der Waals surface area contributed by atoms with E-state index in [0.717, 1.165) is 25.0 Å². The number of hydrogen-bond acceptors (Lipinski definition) is 6. The Hall–Kier alpha value is -2.49. The summed E-state index contributed by atoms with van der Waals surface area (Å²) in [6, 6.07) is 1.84. The lowest BCUT2D eigenvalue weighted by Gasteiger charge is -2.36. The first-order chi connectivity index (χ1) is 13.7. The van der Waals surface area contributed by atoms with E-state index in [1.165, 1.54) is 11.8 Å². The second-order valence-corrected chi connectivity index (χ2v) is 8.73. The zero-order valence-electron chi connectivity index (χ0n) is 16.1. The number of carbonyl (C=O) groups excluding carboxylic acids is 1. The van der Waals surface area contributed by atoms with Gasteiger partial charge in [-0.25, -0.2) is 18.2 Å². The number of benzene rings is 1. The molecule has 1 amide bonds. The maximum absolute atomic E-state index is 13.3. The van der Waals surface area contributed by atoms with E-state index < -0.39 is 17.5 Å². The smallest absolute Gasteiger partial charge is 0.246 e. The standard InChI is InChI=1S/C19H20F3N5OS/c1-8-16-17(27(3)9(2)18(28)25-16)26-19(23-8)24-10-4-11(5-10)29-12-6-13(20)15(22)14(21)7-12/h6-7,9-11H,4-5H2,1-3H3,(H,25,28)(H,23,24,26)/t9-,10-,11-/m0/s1. The van der Waals surface area contributed by atoms with E-state index in [-0.39, 0.29) is 23.2 Å². The molecule has 2 aliphatic rings. The molecule has 0 radical (unpaired) electrons. The molecule has 1 aromatic heterocycles. The van der Waals surface area contributed by atoms with Gasteiger partial charge in [-0.3, -0.25) is 4.79 Å². The predicted molar refractivity (Wildman–Crippen MR) is 106 cm³/mol. The number of rotatable bonds is 4. The Morgan fingerprint density at radius 2 is 1.86 bits per heavy atom. The van der Waals surface area contributed by atoms with E-state index in [0.29, 0.717) is 28.0 Å². The molecule has 1 aromatic carbocycles. The highest BCUT2D eigenvalue weighted by Gasteiger charge is 2.33. The van der Waals surface area contributed by atoms with Crippen molar-refractivity contribution in [1.29, 1.82) is 0 Å². The highest BCUT2D eigenvalue weighted by atomic mass is 32.2. The van der Waals surface area contributed by atoms with Gasteiger partial charge in [0.05, 0.1) is 5.69 Å². The molecule has 0 saturated heterocycles. The summed E-state index contributed by atoms with van der Waals surface area (Å²) < 4.78 is 39.8. The van der Waals surface area contributed by atoms with Crippen LogP contribution in [0.15, 0.2) is 17.0 Å². The largest absolute Gasteiger partial charge is 0.351 e. The fourth-order valence-electron chi connectivity index (χ4n) is 3.37. The van der Waals surface area contributed by atoms with Crippen molar-refractivity contribution in [3.63, 3.8) is 0 Å². The van der Waals surface area contributed by atoms with E-state index >= 15 is 0 Å². The van der Waals surface area contributed by atoms with Gasteiger partial charge in [-0.15, -0.1) is 11.8 Å². The molecule has 2 N–H and O–H groups in total. The SMILES string of the molecule is Cc1nc(N[C@H]2C[C@H](Sc3cc(F)c(F)c(F)c3)C2)nc2c1NC(=O)[C@H](C)N2C. The lowest BCUT2D eigenvalue weighted by atomic mass is 9.92. The Kier molecular flexibility index (Phi) is 5.05. The Balaban J connectivity index is 1.40. The van der Waals surface area contributed by atoms with Crippen molar-refractivity contribution in [2.45, 2.75) is 48.9 Å². The van der Waals surface area contributed by atoms with Crippen LogP contribution in [0.5, 0.6) is 0 Å². The molecule has 0 unspecified atom stereocenters. The molecule has 1 saturated carbocycles. The Morgan fingerprint density at radius 1 is 1.21 bits per heavy atom. The van der Waals surface area contributed by atoms with Crippen molar-refractivity contribution in [1.82, 2.24) is 9.97 Å². The van der Waals surface area contributed by atoms with Gasteiger partial charge < -0.3 is 15.5 Å². The number of halogens is 3. The average molecular weight is 423 g/mol. The molecule has 1 aliphatic heterocycles. The number of hydrogen-bond donors (Lipinski definition) is 2. The van der Waals surface area contributed by atoms with Gasteiger partial charge in [0.15, 0.2) is 23.3 Å². The fourth-order valence-corrected chi connectivity index (χ4v) is 4.75. The Bertz CT molecular complexity index is 960. The molecule has 0 spiro atoms. The maximum Gasteiger partial charge on any atom is 0.246 e. The number of nitrogens with zero attached hydrogens (tertiary/aromatic N) is 3. The molecule has 1 fully saturated rings. The number of fused-ring (bicyclic) bond motifs is 1. The number of aromatic nitrogens is 2. The minimum atomic E-state index is -1.45. The second-order valence-electron chi connectivity index (χ2n) is 7.36. The van der Waals surface area contributed by atoms with Crippen LogP contribution < -0.4 is 15.5 Å². The minimum absolute atomic E-state index is 0.0973. The number of aryl methyl sites for hydroxylation is 1. The van der Waals surface area contributed by atoms with Crippen molar-refractivity contribution < 1.29 is 18.0 Å². The summed E-state index contributed by atoms with van der Waals surface area (Å²) in [6.45, 7) is 3.62. The Labute approximate surface area is 170 Å². The first-order valence-corrected chi connectivity index (χ1v) is 10.1. The van der Waals surface area contributed by atoms with E-state index in [1.54, 1.807) is 6.92 Å². The third-order valence-corrected chi connectivity index (χ3v) is 6.53. The molecular weight excluding hydrogens is 403 g/mol. The van der Waals surface area contributed by atoms with Gasteiger partial charge in [-0.1, -0.05) is 0 Å². The van der Waals surface area contributed by atoms with Crippen molar-refractivity contribution >= 4 is 35.1 Å². The van der Waals surface area contributed by atoms with Crippen LogP contribution in [0.2, 0.25) is 0 Å². The summed E-state index contributed by atoms with van der Waals surface area (Å²) in [7, 11) is 1.81. The number of carbonyl (C=O) groups is 1. The van der Waals surface area contributed by atoms with Crippen molar-refractivity contribution in [2.24, 2.45) is 0 Å². The van der Waals surface area contributed by atoms with E-state index in [9.17, 15) is 18.0 Å². The molecule has 6 nitrogen and oxygen atoms in total. The van der Waals surface area contributed by atoms with Crippen molar-refractivity contribution in [3.05, 3.63) is 35.3 Å². The molecule has 10 heteroatoms. The zero-order chi connectivity index (χ0) is 20.9. The normalized spacial score (nSPS) is 23.3. The fraction of sp³-hybridized carbons (Fsp3) is 0.421. The molecular formula is C19H20F3N5OS. The molecule has 0 bridgehead atoms. The average Bonchev–Trinajstić information content (AvgIpc) is 2.63. The van der Waals surface area contributed by atoms with Crippen LogP contribution in [0.4, 0.5) is 30.6 Å². The van der Waals surface area contributed by atoms with Gasteiger partial charge >= 0.3 is 0 Å². The van der Waals surface area contributed by atoms with Gasteiger partial charge in [0.2, 0.25) is 11.9 Å². The van der Waals surface area contributed by atoms with Gasteiger partial charge in [0, 0.05) is 23.2 Å². The number of anilines is 3. The van der Waals surface area contributed by atoms with Crippen LogP contribution in [0, 0.1) is 24.4 Å². The second kappa shape index (κ2) is 7.40. The van der Waals surface area contributed by atoms with Crippen LogP contribution >= 0.6 is 11.8 Å². The van der Waals surface area contributed by atoms with Crippen molar-refractivity contribution in [3.8, 4) is 0 Å². The predicted octanol–water partition coefficient (Wildman–Crippen LogP) is 3.71. The van der Waals surface area contributed by atoms with Crippen LogP contribution in [0.25, 0.3) is 0 Å². The quantitative estimate of drug-likeness (QED) is 0.731. The van der Waals surface area contributed by atoms with Gasteiger partial charge in [-0.05, 0) is 38.8 Å². The monoisotopic (exact) mass is 423 g/mol. The first kappa shape index (κ1) is 19.8. The number of likely N-dealkylation sites (N-methyl/N-ethyl adjacent to an activating group) is 1. The maximum atomic E-state index is 13.3. The third kappa shape index (κ3) is 3.73. The topological polar surface area (TPSA) is 70.1 Å². The van der Waals surface area contributed by atoms with Gasteiger partial charge in [-0.2, -0.15) is 4.98 Å². The molecule has 1 atom stereocenters. The van der Waals surface area contributed by atoms with E-state index in [4.69, 9.17) is 0 Å². The highest BCUT2D eigenvalue weighted by Crippen LogP contribution is 2.39. The Morgan fingerprint density at radius 3 is 2.52 bits per heavy atom. The molecule has 2 aromatic rings. The summed E-state index contributed by atoms with van der Waals surface area (Å²) in [5, 5.41) is 6.28. The van der Waals surface area contributed by atoms with Gasteiger partial charge in [0.25, 0.3) is 0 Å². The van der Waals surface area contributed by atoms with Crippen LogP contribution in [0.1, 0.15) is 25.5 Å². The van der Waals surface area contributed by atoms with Crippen LogP contribution in [0.3, 0.4) is 0 Å². The van der Waals surface area contributed by atoms with Crippen molar-refractivity contribution in [2.75, 3.05) is 22.6 Å². The van der Waals surface area contributed by atoms with Crippen LogP contribution in [-0.2, 0) is 4.79 Å². The van der Waals surface area contributed by atoms with Gasteiger partial charge in [0.1, 0.15) is 11.7 Å². The molecule has 154 valence electrons. The molecule has 2 heterocycles. The number of nitrogens with one attached hydrogen (secondary N) is 2. The molecule has 29 heavy (non-hydrogen) atoms. The highest BCUT2D eigenvalue weighted by molar-refractivity contribution is 8.00. The molecule has 4 rings (SSSR count). The summed E-state index contributed by atoms with van der Waals surface area (Å²) in [5.74, 6) is -2.76. The summed E-state index contributed by atoms with van der Waals surface area (Å²) >= 11 is 1.33. The third-order valence-electron chi connectivity index (χ3n) is 5.30. The summed E-state index contributed by atoms with van der Waals surface area (Å²) in [6.07, 6.45) is 1.52. The number of thioether (sulfide) groups is 1. The summed E-state index contributed by atoms with van der Waals surface area (Å²) in [5.41, 5.74) is 1.29. The van der Waals surface area contributed by atoms with E-state index in [2.05, 4.69) is 20.6 Å². The van der Waals surface area contributed by atoms with E-state index in [1.807, 2.05) is 18.9 Å². The number of amides is 1. The minimum Gasteiger partial charge on any atom is -0.351 e. The van der Waals surface area contributed by atoms with Crippen LogP contribution in [-0.4, -0.2) is 40.3 Å². The zero-order valence-corrected chi connectivity index (χ0v) is 16.9. The lowest BCUT2D eigenvalue weighted by Crippen LogP contribution is -2.45. The summed E-state index contributed by atoms with van der Waals surface area (Å²) in [4.78, 5) is 23.2.